The zero-order valence-corrected chi connectivity index (χ0v) is 11.4. The monoisotopic (exact) mass is 260 g/mol. The standard InChI is InChI=1S/C13H24N2O.ClH/c14-13(8-3-9-13)10-15-12(16)7-6-11-4-1-2-5-11;/h11H,1-10,14H2,(H,15,16);1H. The molecule has 0 saturated heterocycles. The maximum Gasteiger partial charge on any atom is 0.220 e. The summed E-state index contributed by atoms with van der Waals surface area (Å²) >= 11 is 0. The SMILES string of the molecule is Cl.NC1(CNC(=O)CCC2CCCC2)CCC1. The van der Waals surface area contributed by atoms with Gasteiger partial charge >= 0.3 is 0 Å². The third-order valence-corrected chi connectivity index (χ3v) is 4.24. The number of amides is 1. The summed E-state index contributed by atoms with van der Waals surface area (Å²) in [5, 5.41) is 2.99. The quantitative estimate of drug-likeness (QED) is 0.798. The molecule has 0 aromatic heterocycles. The van der Waals surface area contributed by atoms with E-state index in [1.165, 1.54) is 32.1 Å². The summed E-state index contributed by atoms with van der Waals surface area (Å²) in [6.45, 7) is 0.677. The van der Waals surface area contributed by atoms with Gasteiger partial charge in [0, 0.05) is 18.5 Å². The first-order valence-electron chi connectivity index (χ1n) is 6.74. The summed E-state index contributed by atoms with van der Waals surface area (Å²) in [5.41, 5.74) is 5.97. The Balaban J connectivity index is 0.00000144. The molecule has 2 saturated carbocycles. The summed E-state index contributed by atoms with van der Waals surface area (Å²) in [6.07, 6.45) is 10.5. The molecular weight excluding hydrogens is 236 g/mol. The Hall–Kier alpha value is -0.280. The van der Waals surface area contributed by atoms with Crippen LogP contribution in [0.25, 0.3) is 0 Å². The fourth-order valence-corrected chi connectivity index (χ4v) is 2.80. The van der Waals surface area contributed by atoms with Crippen molar-refractivity contribution in [3.05, 3.63) is 0 Å². The Labute approximate surface area is 110 Å². The second kappa shape index (κ2) is 6.60. The molecular formula is C13H25ClN2O. The fraction of sp³-hybridized carbons (Fsp3) is 0.923. The van der Waals surface area contributed by atoms with Gasteiger partial charge in [-0.1, -0.05) is 25.7 Å². The molecule has 0 atom stereocenters. The topological polar surface area (TPSA) is 55.1 Å². The molecule has 0 unspecified atom stereocenters. The van der Waals surface area contributed by atoms with E-state index in [-0.39, 0.29) is 23.9 Å². The van der Waals surface area contributed by atoms with Gasteiger partial charge in [-0.25, -0.2) is 0 Å². The van der Waals surface area contributed by atoms with E-state index < -0.39 is 0 Å². The van der Waals surface area contributed by atoms with Gasteiger partial charge in [0.2, 0.25) is 5.91 Å². The molecule has 0 aliphatic heterocycles. The minimum absolute atomic E-state index is 0. The predicted octanol–water partition coefficient (Wildman–Crippen LogP) is 2.38. The van der Waals surface area contributed by atoms with Gasteiger partial charge in [-0.15, -0.1) is 12.4 Å². The second-order valence-electron chi connectivity index (χ2n) is 5.68. The zero-order valence-electron chi connectivity index (χ0n) is 10.5. The highest BCUT2D eigenvalue weighted by Crippen LogP contribution is 2.29. The van der Waals surface area contributed by atoms with Crippen LogP contribution in [0, 0.1) is 5.92 Å². The summed E-state index contributed by atoms with van der Waals surface area (Å²) in [6, 6.07) is 0. The summed E-state index contributed by atoms with van der Waals surface area (Å²) in [7, 11) is 0. The van der Waals surface area contributed by atoms with Gasteiger partial charge in [-0.05, 0) is 31.6 Å². The summed E-state index contributed by atoms with van der Waals surface area (Å²) in [5.74, 6) is 1.00. The molecule has 2 aliphatic rings. The number of hydrogen-bond acceptors (Lipinski definition) is 2. The highest BCUT2D eigenvalue weighted by Gasteiger charge is 2.32. The first-order chi connectivity index (χ1) is 7.68. The first-order valence-corrected chi connectivity index (χ1v) is 6.74. The average Bonchev–Trinajstić information content (AvgIpc) is 2.73. The molecule has 0 aromatic rings. The van der Waals surface area contributed by atoms with Crippen molar-refractivity contribution in [2.45, 2.75) is 63.3 Å². The van der Waals surface area contributed by atoms with Crippen LogP contribution in [0.3, 0.4) is 0 Å². The largest absolute Gasteiger partial charge is 0.354 e. The van der Waals surface area contributed by atoms with Gasteiger partial charge in [0.15, 0.2) is 0 Å². The van der Waals surface area contributed by atoms with Crippen molar-refractivity contribution in [1.29, 1.82) is 0 Å². The zero-order chi connectivity index (χ0) is 11.4. The van der Waals surface area contributed by atoms with Crippen LogP contribution in [0.1, 0.15) is 57.8 Å². The van der Waals surface area contributed by atoms with Crippen LogP contribution in [0.2, 0.25) is 0 Å². The first kappa shape index (κ1) is 14.8. The van der Waals surface area contributed by atoms with Crippen molar-refractivity contribution in [2.75, 3.05) is 6.54 Å². The third-order valence-electron chi connectivity index (χ3n) is 4.24. The number of carbonyl (C=O) groups is 1. The molecule has 0 heterocycles. The molecule has 0 spiro atoms. The molecule has 1 amide bonds. The molecule has 100 valence electrons. The van der Waals surface area contributed by atoms with Crippen molar-refractivity contribution in [3.8, 4) is 0 Å². The number of hydrogen-bond donors (Lipinski definition) is 2. The molecule has 3 N–H and O–H groups in total. The van der Waals surface area contributed by atoms with Crippen molar-refractivity contribution in [1.82, 2.24) is 5.32 Å². The van der Waals surface area contributed by atoms with Crippen LogP contribution in [0.15, 0.2) is 0 Å². The molecule has 4 heteroatoms. The molecule has 2 fully saturated rings. The van der Waals surface area contributed by atoms with Gasteiger partial charge in [-0.2, -0.15) is 0 Å². The number of halogens is 1. The van der Waals surface area contributed by atoms with Gasteiger partial charge in [0.1, 0.15) is 0 Å². The number of carbonyl (C=O) groups excluding carboxylic acids is 1. The molecule has 2 aliphatic carbocycles. The van der Waals surface area contributed by atoms with Crippen LogP contribution in [0.5, 0.6) is 0 Å². The van der Waals surface area contributed by atoms with Crippen LogP contribution in [0.4, 0.5) is 0 Å². The molecule has 0 radical (unpaired) electrons. The maximum atomic E-state index is 11.6. The second-order valence-corrected chi connectivity index (χ2v) is 5.68. The van der Waals surface area contributed by atoms with Gasteiger partial charge < -0.3 is 11.1 Å². The third kappa shape index (κ3) is 4.47. The number of rotatable bonds is 5. The van der Waals surface area contributed by atoms with E-state index in [2.05, 4.69) is 5.32 Å². The van der Waals surface area contributed by atoms with E-state index in [1.54, 1.807) is 0 Å². The van der Waals surface area contributed by atoms with Crippen molar-refractivity contribution < 1.29 is 4.79 Å². The van der Waals surface area contributed by atoms with Crippen molar-refractivity contribution >= 4 is 18.3 Å². The summed E-state index contributed by atoms with van der Waals surface area (Å²) < 4.78 is 0. The van der Waals surface area contributed by atoms with Crippen LogP contribution < -0.4 is 11.1 Å². The lowest BCUT2D eigenvalue weighted by Gasteiger charge is -2.38. The Morgan fingerprint density at radius 1 is 1.24 bits per heavy atom. The molecule has 0 aromatic carbocycles. The smallest absolute Gasteiger partial charge is 0.220 e. The lowest BCUT2D eigenvalue weighted by Crippen LogP contribution is -2.54. The normalized spacial score (nSPS) is 22.6. The van der Waals surface area contributed by atoms with Gasteiger partial charge in [0.05, 0.1) is 0 Å². The lowest BCUT2D eigenvalue weighted by atomic mass is 9.78. The van der Waals surface area contributed by atoms with E-state index in [1.807, 2.05) is 0 Å². The van der Waals surface area contributed by atoms with E-state index in [0.717, 1.165) is 25.2 Å². The predicted molar refractivity (Wildman–Crippen MR) is 72.2 cm³/mol. The minimum Gasteiger partial charge on any atom is -0.354 e. The van der Waals surface area contributed by atoms with Crippen molar-refractivity contribution in [3.63, 3.8) is 0 Å². The van der Waals surface area contributed by atoms with E-state index in [4.69, 9.17) is 5.73 Å². The molecule has 3 nitrogen and oxygen atoms in total. The Kier molecular flexibility index (Phi) is 5.74. The molecule has 17 heavy (non-hydrogen) atoms. The summed E-state index contributed by atoms with van der Waals surface area (Å²) in [4.78, 5) is 11.6. The Morgan fingerprint density at radius 3 is 2.41 bits per heavy atom. The minimum atomic E-state index is -0.0803. The maximum absolute atomic E-state index is 11.6. The highest BCUT2D eigenvalue weighted by atomic mass is 35.5. The fourth-order valence-electron chi connectivity index (χ4n) is 2.80. The van der Waals surface area contributed by atoms with Gasteiger partial charge in [0.25, 0.3) is 0 Å². The van der Waals surface area contributed by atoms with Crippen molar-refractivity contribution in [2.24, 2.45) is 11.7 Å². The Bertz CT molecular complexity index is 248. The lowest BCUT2D eigenvalue weighted by molar-refractivity contribution is -0.121. The average molecular weight is 261 g/mol. The number of nitrogens with one attached hydrogen (secondary N) is 1. The van der Waals surface area contributed by atoms with Gasteiger partial charge in [-0.3, -0.25) is 4.79 Å². The van der Waals surface area contributed by atoms with Crippen LogP contribution >= 0.6 is 12.4 Å². The number of nitrogens with two attached hydrogens (primary N) is 1. The molecule has 0 bridgehead atoms. The van der Waals surface area contributed by atoms with Crippen LogP contribution in [-0.4, -0.2) is 18.0 Å². The van der Waals surface area contributed by atoms with E-state index in [9.17, 15) is 4.79 Å². The van der Waals surface area contributed by atoms with E-state index in [0.29, 0.717) is 13.0 Å². The highest BCUT2D eigenvalue weighted by molar-refractivity contribution is 5.85. The molecule has 2 rings (SSSR count). The van der Waals surface area contributed by atoms with Crippen LogP contribution in [-0.2, 0) is 4.79 Å². The Morgan fingerprint density at radius 2 is 1.88 bits per heavy atom. The van der Waals surface area contributed by atoms with E-state index >= 15 is 0 Å².